The number of likely N-dealkylation sites (N-methyl/N-ethyl adjacent to an activating group) is 1. The van der Waals surface area contributed by atoms with E-state index >= 15 is 0 Å². The quantitative estimate of drug-likeness (QED) is 0.505. The van der Waals surface area contributed by atoms with Crippen LogP contribution >= 0.6 is 11.6 Å². The molecule has 0 N–H and O–H groups in total. The number of anilines is 1. The summed E-state index contributed by atoms with van der Waals surface area (Å²) in [7, 11) is 2.15. The van der Waals surface area contributed by atoms with Crippen LogP contribution in [0.5, 0.6) is 0 Å². The molecule has 0 amide bonds. The molecule has 29 heavy (non-hydrogen) atoms. The number of hydrogen-bond acceptors (Lipinski definition) is 6. The van der Waals surface area contributed by atoms with Crippen molar-refractivity contribution < 1.29 is 4.52 Å². The Balaban J connectivity index is 1.58. The second-order valence-electron chi connectivity index (χ2n) is 7.27. The summed E-state index contributed by atoms with van der Waals surface area (Å²) in [5, 5.41) is 5.85. The first-order chi connectivity index (χ1) is 14.2. The van der Waals surface area contributed by atoms with E-state index in [4.69, 9.17) is 21.1 Å². The van der Waals surface area contributed by atoms with Gasteiger partial charge in [-0.3, -0.25) is 0 Å². The standard InChI is InChI=1S/C22H20ClN5O/c1-27-10-12-28(13-11-27)20-14-18(17-4-2-3-5-19(17)24-20)22-25-21(26-29-22)15-6-8-16(23)9-7-15/h2-9,14H,10-13H2,1H3. The molecule has 3 heterocycles. The summed E-state index contributed by atoms with van der Waals surface area (Å²) < 4.78 is 5.65. The highest BCUT2D eigenvalue weighted by Gasteiger charge is 2.20. The number of benzene rings is 2. The van der Waals surface area contributed by atoms with E-state index in [2.05, 4.69) is 33.1 Å². The van der Waals surface area contributed by atoms with Crippen LogP contribution in [0.3, 0.4) is 0 Å². The molecule has 7 heteroatoms. The molecule has 1 aliphatic heterocycles. The second kappa shape index (κ2) is 7.46. The Labute approximate surface area is 173 Å². The molecule has 1 fully saturated rings. The summed E-state index contributed by atoms with van der Waals surface area (Å²) in [5.41, 5.74) is 2.68. The summed E-state index contributed by atoms with van der Waals surface area (Å²) in [6.45, 7) is 3.93. The van der Waals surface area contributed by atoms with Crippen LogP contribution < -0.4 is 4.90 Å². The third-order valence-electron chi connectivity index (χ3n) is 5.29. The topological polar surface area (TPSA) is 58.3 Å². The van der Waals surface area contributed by atoms with Gasteiger partial charge in [0.2, 0.25) is 5.82 Å². The maximum absolute atomic E-state index is 5.99. The van der Waals surface area contributed by atoms with Crippen LogP contribution in [0.25, 0.3) is 33.7 Å². The Bertz CT molecular complexity index is 1150. The molecule has 1 saturated heterocycles. The molecule has 0 saturated carbocycles. The predicted molar refractivity (Wildman–Crippen MR) is 115 cm³/mol. The normalized spacial score (nSPS) is 15.2. The van der Waals surface area contributed by atoms with Gasteiger partial charge in [-0.05, 0) is 43.4 Å². The van der Waals surface area contributed by atoms with Crippen LogP contribution in [0, 0.1) is 0 Å². The number of pyridine rings is 1. The highest BCUT2D eigenvalue weighted by atomic mass is 35.5. The fraction of sp³-hybridized carbons (Fsp3) is 0.227. The number of hydrogen-bond donors (Lipinski definition) is 0. The van der Waals surface area contributed by atoms with E-state index in [1.165, 1.54) is 0 Å². The molecule has 0 radical (unpaired) electrons. The van der Waals surface area contributed by atoms with Crippen molar-refractivity contribution in [1.29, 1.82) is 0 Å². The van der Waals surface area contributed by atoms with E-state index in [1.54, 1.807) is 0 Å². The number of fused-ring (bicyclic) bond motifs is 1. The van der Waals surface area contributed by atoms with Gasteiger partial charge in [-0.25, -0.2) is 4.98 Å². The van der Waals surface area contributed by atoms with Gasteiger partial charge in [0.25, 0.3) is 5.89 Å². The zero-order valence-corrected chi connectivity index (χ0v) is 16.8. The SMILES string of the molecule is CN1CCN(c2cc(-c3nc(-c4ccc(Cl)cc4)no3)c3ccccc3n2)CC1. The van der Waals surface area contributed by atoms with Crippen molar-refractivity contribution in [1.82, 2.24) is 20.0 Å². The Kier molecular flexibility index (Phi) is 4.66. The van der Waals surface area contributed by atoms with Crippen molar-refractivity contribution >= 4 is 28.3 Å². The molecule has 2 aromatic heterocycles. The van der Waals surface area contributed by atoms with Crippen LogP contribution in [0.2, 0.25) is 5.02 Å². The van der Waals surface area contributed by atoms with Gasteiger partial charge in [0.15, 0.2) is 0 Å². The summed E-state index contributed by atoms with van der Waals surface area (Å²) in [5.74, 6) is 1.97. The van der Waals surface area contributed by atoms with Gasteiger partial charge in [-0.2, -0.15) is 4.98 Å². The number of nitrogens with zero attached hydrogens (tertiary/aromatic N) is 5. The lowest BCUT2D eigenvalue weighted by Crippen LogP contribution is -2.44. The van der Waals surface area contributed by atoms with Crippen LogP contribution in [0.4, 0.5) is 5.82 Å². The highest BCUT2D eigenvalue weighted by molar-refractivity contribution is 6.30. The Morgan fingerprint density at radius 3 is 2.48 bits per heavy atom. The van der Waals surface area contributed by atoms with Crippen LogP contribution in [0.1, 0.15) is 0 Å². The predicted octanol–water partition coefficient (Wildman–Crippen LogP) is 4.36. The fourth-order valence-corrected chi connectivity index (χ4v) is 3.71. The van der Waals surface area contributed by atoms with Crippen molar-refractivity contribution in [3.8, 4) is 22.8 Å². The maximum Gasteiger partial charge on any atom is 0.259 e. The van der Waals surface area contributed by atoms with E-state index in [0.29, 0.717) is 16.7 Å². The van der Waals surface area contributed by atoms with E-state index < -0.39 is 0 Å². The number of halogens is 1. The first kappa shape index (κ1) is 18.1. The Morgan fingerprint density at radius 2 is 1.69 bits per heavy atom. The minimum Gasteiger partial charge on any atom is -0.354 e. The molecule has 146 valence electrons. The summed E-state index contributed by atoms with van der Waals surface area (Å²) >= 11 is 5.99. The van der Waals surface area contributed by atoms with Crippen molar-refractivity contribution in [3.63, 3.8) is 0 Å². The van der Waals surface area contributed by atoms with Crippen LogP contribution in [0.15, 0.2) is 59.1 Å². The zero-order valence-electron chi connectivity index (χ0n) is 16.0. The molecular formula is C22H20ClN5O. The molecule has 0 atom stereocenters. The molecule has 4 aromatic rings. The van der Waals surface area contributed by atoms with Crippen molar-refractivity contribution in [3.05, 3.63) is 59.6 Å². The molecule has 0 spiro atoms. The molecule has 0 aliphatic carbocycles. The lowest BCUT2D eigenvalue weighted by molar-refractivity contribution is 0.312. The zero-order chi connectivity index (χ0) is 19.8. The van der Waals surface area contributed by atoms with Gasteiger partial charge >= 0.3 is 0 Å². The number of rotatable bonds is 3. The lowest BCUT2D eigenvalue weighted by atomic mass is 10.1. The molecule has 5 rings (SSSR count). The fourth-order valence-electron chi connectivity index (χ4n) is 3.59. The average Bonchev–Trinajstić information content (AvgIpc) is 3.24. The second-order valence-corrected chi connectivity index (χ2v) is 7.70. The molecule has 2 aromatic carbocycles. The van der Waals surface area contributed by atoms with E-state index in [0.717, 1.165) is 54.0 Å². The Hall–Kier alpha value is -2.96. The number of para-hydroxylation sites is 1. The van der Waals surface area contributed by atoms with Gasteiger partial charge in [0.05, 0.1) is 11.1 Å². The first-order valence-corrected chi connectivity index (χ1v) is 9.98. The molecule has 6 nitrogen and oxygen atoms in total. The highest BCUT2D eigenvalue weighted by Crippen LogP contribution is 2.32. The Morgan fingerprint density at radius 1 is 0.931 bits per heavy atom. The van der Waals surface area contributed by atoms with Gasteiger partial charge in [-0.1, -0.05) is 35.0 Å². The smallest absolute Gasteiger partial charge is 0.259 e. The lowest BCUT2D eigenvalue weighted by Gasteiger charge is -2.33. The molecule has 1 aliphatic rings. The van der Waals surface area contributed by atoms with Gasteiger partial charge in [0, 0.05) is 42.2 Å². The third-order valence-corrected chi connectivity index (χ3v) is 5.54. The van der Waals surface area contributed by atoms with Crippen molar-refractivity contribution in [2.45, 2.75) is 0 Å². The third kappa shape index (κ3) is 3.57. The average molecular weight is 406 g/mol. The minimum absolute atomic E-state index is 0.490. The largest absolute Gasteiger partial charge is 0.354 e. The van der Waals surface area contributed by atoms with E-state index in [-0.39, 0.29) is 0 Å². The van der Waals surface area contributed by atoms with E-state index in [9.17, 15) is 0 Å². The summed E-state index contributed by atoms with van der Waals surface area (Å²) in [6.07, 6.45) is 0. The number of piperazine rings is 1. The molecule has 0 unspecified atom stereocenters. The number of aromatic nitrogens is 3. The summed E-state index contributed by atoms with van der Waals surface area (Å²) in [6, 6.07) is 17.5. The summed E-state index contributed by atoms with van der Waals surface area (Å²) in [4.78, 5) is 14.2. The minimum atomic E-state index is 0.490. The molecule has 0 bridgehead atoms. The van der Waals surface area contributed by atoms with Crippen molar-refractivity contribution in [2.75, 3.05) is 38.1 Å². The van der Waals surface area contributed by atoms with Crippen molar-refractivity contribution in [2.24, 2.45) is 0 Å². The molecular weight excluding hydrogens is 386 g/mol. The van der Waals surface area contributed by atoms with Gasteiger partial charge in [0.1, 0.15) is 5.82 Å². The first-order valence-electron chi connectivity index (χ1n) is 9.61. The van der Waals surface area contributed by atoms with E-state index in [1.807, 2.05) is 48.5 Å². The van der Waals surface area contributed by atoms with Gasteiger partial charge in [-0.15, -0.1) is 0 Å². The monoisotopic (exact) mass is 405 g/mol. The van der Waals surface area contributed by atoms with Gasteiger partial charge < -0.3 is 14.3 Å². The van der Waals surface area contributed by atoms with Crippen LogP contribution in [-0.2, 0) is 0 Å². The van der Waals surface area contributed by atoms with Crippen LogP contribution in [-0.4, -0.2) is 53.3 Å². The maximum atomic E-state index is 5.99.